The van der Waals surface area contributed by atoms with Crippen molar-refractivity contribution in [2.75, 3.05) is 0 Å². The Labute approximate surface area is 124 Å². The number of nitrogens with zero attached hydrogens (tertiary/aromatic N) is 2. The molecule has 110 valence electrons. The summed E-state index contributed by atoms with van der Waals surface area (Å²) in [5.74, 6) is 2.05. The van der Waals surface area contributed by atoms with Crippen LogP contribution >= 0.6 is 0 Å². The first-order chi connectivity index (χ1) is 10.1. The van der Waals surface area contributed by atoms with Crippen molar-refractivity contribution in [3.63, 3.8) is 0 Å². The number of hydrogen-bond donors (Lipinski definition) is 1. The van der Waals surface area contributed by atoms with Crippen LogP contribution in [0.5, 0.6) is 0 Å². The molecular formula is C17H21N3O. The van der Waals surface area contributed by atoms with E-state index in [0.717, 1.165) is 35.6 Å². The number of aromatic nitrogens is 2. The van der Waals surface area contributed by atoms with Crippen molar-refractivity contribution in [2.24, 2.45) is 7.05 Å². The van der Waals surface area contributed by atoms with Crippen molar-refractivity contribution < 1.29 is 4.42 Å². The van der Waals surface area contributed by atoms with Crippen molar-refractivity contribution in [3.05, 3.63) is 53.7 Å². The molecule has 2 aromatic heterocycles. The Morgan fingerprint density at radius 3 is 2.81 bits per heavy atom. The topological polar surface area (TPSA) is 43.0 Å². The summed E-state index contributed by atoms with van der Waals surface area (Å²) in [5.41, 5.74) is 3.40. The number of fused-ring (bicyclic) bond motifs is 1. The average molecular weight is 283 g/mol. The van der Waals surface area contributed by atoms with E-state index in [9.17, 15) is 0 Å². The normalized spacial score (nSPS) is 11.6. The predicted octanol–water partition coefficient (Wildman–Crippen LogP) is 3.26. The van der Waals surface area contributed by atoms with Crippen molar-refractivity contribution >= 4 is 11.0 Å². The van der Waals surface area contributed by atoms with Gasteiger partial charge in [-0.2, -0.15) is 0 Å². The van der Waals surface area contributed by atoms with Crippen molar-refractivity contribution in [3.8, 4) is 0 Å². The number of para-hydroxylation sites is 2. The molecule has 1 aromatic carbocycles. The predicted molar refractivity (Wildman–Crippen MR) is 84.2 cm³/mol. The number of imidazole rings is 1. The van der Waals surface area contributed by atoms with E-state index >= 15 is 0 Å². The third kappa shape index (κ3) is 2.85. The Morgan fingerprint density at radius 1 is 1.24 bits per heavy atom. The zero-order valence-electron chi connectivity index (χ0n) is 12.8. The van der Waals surface area contributed by atoms with Gasteiger partial charge in [0.05, 0.1) is 23.8 Å². The van der Waals surface area contributed by atoms with Crippen LogP contribution in [0.25, 0.3) is 11.0 Å². The van der Waals surface area contributed by atoms with Crippen LogP contribution in [0.15, 0.2) is 41.0 Å². The zero-order chi connectivity index (χ0) is 14.8. The fourth-order valence-electron chi connectivity index (χ4n) is 2.50. The minimum Gasteiger partial charge on any atom is -0.468 e. The van der Waals surface area contributed by atoms with Gasteiger partial charge in [0.15, 0.2) is 0 Å². The largest absolute Gasteiger partial charge is 0.468 e. The minimum atomic E-state index is 0.443. The minimum absolute atomic E-state index is 0.443. The fraction of sp³-hybridized carbons (Fsp3) is 0.353. The second-order valence-corrected chi connectivity index (χ2v) is 5.66. The number of hydrogen-bond acceptors (Lipinski definition) is 3. The number of rotatable bonds is 5. The standard InChI is InChI=1S/C17H21N3O/c1-12(2)18-11-16-13(8-9-21-16)10-17-19-14-6-4-5-7-15(14)20(17)3/h4-9,12,18H,10-11H2,1-3H3. The summed E-state index contributed by atoms with van der Waals surface area (Å²) in [6.45, 7) is 5.02. The van der Waals surface area contributed by atoms with Crippen molar-refractivity contribution in [2.45, 2.75) is 32.9 Å². The SMILES string of the molecule is CC(C)NCc1occc1Cc1nc2ccccc2n1C. The van der Waals surface area contributed by atoms with Gasteiger partial charge in [0.25, 0.3) is 0 Å². The van der Waals surface area contributed by atoms with Crippen LogP contribution in [0.2, 0.25) is 0 Å². The molecule has 0 unspecified atom stereocenters. The van der Waals surface area contributed by atoms with Crippen LogP contribution in [0, 0.1) is 0 Å². The summed E-state index contributed by atoms with van der Waals surface area (Å²) in [5, 5.41) is 3.39. The summed E-state index contributed by atoms with van der Waals surface area (Å²) in [7, 11) is 2.07. The molecule has 1 N–H and O–H groups in total. The van der Waals surface area contributed by atoms with Gasteiger partial charge in [-0.05, 0) is 18.2 Å². The summed E-state index contributed by atoms with van der Waals surface area (Å²) in [6, 6.07) is 10.7. The van der Waals surface area contributed by atoms with E-state index in [1.54, 1.807) is 6.26 Å². The van der Waals surface area contributed by atoms with E-state index in [1.165, 1.54) is 5.56 Å². The maximum absolute atomic E-state index is 5.60. The van der Waals surface area contributed by atoms with Crippen LogP contribution in [0.4, 0.5) is 0 Å². The van der Waals surface area contributed by atoms with Gasteiger partial charge in [-0.3, -0.25) is 0 Å². The van der Waals surface area contributed by atoms with Gasteiger partial charge in [0.2, 0.25) is 0 Å². The van der Waals surface area contributed by atoms with Crippen LogP contribution in [-0.4, -0.2) is 15.6 Å². The molecular weight excluding hydrogens is 262 g/mol. The Balaban J connectivity index is 1.85. The molecule has 4 nitrogen and oxygen atoms in total. The highest BCUT2D eigenvalue weighted by Crippen LogP contribution is 2.19. The lowest BCUT2D eigenvalue weighted by Crippen LogP contribution is -2.22. The Hall–Kier alpha value is -2.07. The first-order valence-electron chi connectivity index (χ1n) is 7.34. The van der Waals surface area contributed by atoms with Crippen LogP contribution < -0.4 is 5.32 Å². The summed E-state index contributed by atoms with van der Waals surface area (Å²) in [4.78, 5) is 4.72. The molecule has 3 aromatic rings. The molecule has 0 bridgehead atoms. The maximum atomic E-state index is 5.60. The molecule has 0 aliphatic heterocycles. The third-order valence-corrected chi connectivity index (χ3v) is 3.74. The lowest BCUT2D eigenvalue weighted by Gasteiger charge is -2.08. The number of nitrogens with one attached hydrogen (secondary N) is 1. The van der Waals surface area contributed by atoms with Crippen LogP contribution in [0.3, 0.4) is 0 Å². The quantitative estimate of drug-likeness (QED) is 0.781. The second kappa shape index (κ2) is 5.74. The number of benzene rings is 1. The van der Waals surface area contributed by atoms with E-state index in [2.05, 4.69) is 42.9 Å². The third-order valence-electron chi connectivity index (χ3n) is 3.74. The molecule has 0 atom stereocenters. The van der Waals surface area contributed by atoms with Crippen molar-refractivity contribution in [1.29, 1.82) is 0 Å². The van der Waals surface area contributed by atoms with E-state index in [-0.39, 0.29) is 0 Å². The molecule has 3 rings (SSSR count). The van der Waals surface area contributed by atoms with E-state index in [1.807, 2.05) is 18.2 Å². The molecule has 0 saturated carbocycles. The summed E-state index contributed by atoms with van der Waals surface area (Å²) >= 11 is 0. The molecule has 21 heavy (non-hydrogen) atoms. The zero-order valence-corrected chi connectivity index (χ0v) is 12.8. The lowest BCUT2D eigenvalue weighted by atomic mass is 10.1. The fourth-order valence-corrected chi connectivity index (χ4v) is 2.50. The lowest BCUT2D eigenvalue weighted by molar-refractivity contribution is 0.461. The first kappa shape index (κ1) is 13.9. The second-order valence-electron chi connectivity index (χ2n) is 5.66. The highest BCUT2D eigenvalue weighted by molar-refractivity contribution is 5.75. The molecule has 0 aliphatic rings. The number of furan rings is 1. The van der Waals surface area contributed by atoms with E-state index < -0.39 is 0 Å². The van der Waals surface area contributed by atoms with Crippen molar-refractivity contribution in [1.82, 2.24) is 14.9 Å². The highest BCUT2D eigenvalue weighted by atomic mass is 16.3. The average Bonchev–Trinajstić information content (AvgIpc) is 3.03. The first-order valence-corrected chi connectivity index (χ1v) is 7.34. The molecule has 0 fully saturated rings. The molecule has 2 heterocycles. The van der Waals surface area contributed by atoms with Gasteiger partial charge >= 0.3 is 0 Å². The summed E-state index contributed by atoms with van der Waals surface area (Å²) < 4.78 is 7.76. The molecule has 0 amide bonds. The molecule has 0 aliphatic carbocycles. The Morgan fingerprint density at radius 2 is 2.05 bits per heavy atom. The van der Waals surface area contributed by atoms with Crippen LogP contribution in [0.1, 0.15) is 31.0 Å². The van der Waals surface area contributed by atoms with E-state index in [4.69, 9.17) is 9.40 Å². The Bertz CT molecular complexity index is 739. The van der Waals surface area contributed by atoms with E-state index in [0.29, 0.717) is 6.04 Å². The molecule has 0 spiro atoms. The van der Waals surface area contributed by atoms with Gasteiger partial charge < -0.3 is 14.3 Å². The van der Waals surface area contributed by atoms with Gasteiger partial charge in [-0.25, -0.2) is 4.98 Å². The number of aryl methyl sites for hydroxylation is 1. The highest BCUT2D eigenvalue weighted by Gasteiger charge is 2.12. The maximum Gasteiger partial charge on any atom is 0.121 e. The summed E-state index contributed by atoms with van der Waals surface area (Å²) in [6.07, 6.45) is 2.55. The monoisotopic (exact) mass is 283 g/mol. The molecule has 4 heteroatoms. The van der Waals surface area contributed by atoms with Gasteiger partial charge in [-0.15, -0.1) is 0 Å². The smallest absolute Gasteiger partial charge is 0.121 e. The van der Waals surface area contributed by atoms with Crippen LogP contribution in [-0.2, 0) is 20.0 Å². The Kier molecular flexibility index (Phi) is 3.80. The molecule has 0 radical (unpaired) electrons. The van der Waals surface area contributed by atoms with Gasteiger partial charge in [-0.1, -0.05) is 26.0 Å². The molecule has 0 saturated heterocycles. The van der Waals surface area contributed by atoms with Gasteiger partial charge in [0.1, 0.15) is 11.6 Å². The van der Waals surface area contributed by atoms with Gasteiger partial charge in [0, 0.05) is 25.1 Å².